The van der Waals surface area contributed by atoms with Crippen molar-refractivity contribution in [1.29, 1.82) is 0 Å². The number of thioether (sulfide) groups is 1. The summed E-state index contributed by atoms with van der Waals surface area (Å²) < 4.78 is 15.7. The first-order valence-corrected chi connectivity index (χ1v) is 12.3. The zero-order chi connectivity index (χ0) is 25.9. The van der Waals surface area contributed by atoms with Crippen molar-refractivity contribution in [2.75, 3.05) is 18.5 Å². The number of rotatable bonds is 8. The minimum absolute atomic E-state index is 0.0569. The van der Waals surface area contributed by atoms with Gasteiger partial charge >= 0.3 is 11.9 Å². The Morgan fingerprint density at radius 3 is 2.23 bits per heavy atom. The molecule has 0 saturated heterocycles. The standard InChI is InChI=1S/C26H30N2O6S/c1-8-32-25(30)20-16(6)34-24(21(20)26(31)33-9-2)28-23(29)17(7)35-19-12-14(4)18-11-13(3)10-15(5)22(18)27-19/h10-12,17H,8-9H2,1-7H3,(H,28,29). The van der Waals surface area contributed by atoms with E-state index in [0.717, 1.165) is 22.0 Å². The van der Waals surface area contributed by atoms with E-state index in [2.05, 4.69) is 24.4 Å². The Balaban J connectivity index is 1.88. The Labute approximate surface area is 208 Å². The lowest BCUT2D eigenvalue weighted by atomic mass is 10.0. The number of ether oxygens (including phenoxy) is 2. The van der Waals surface area contributed by atoms with E-state index in [-0.39, 0.29) is 36.0 Å². The average Bonchev–Trinajstić information content (AvgIpc) is 3.10. The highest BCUT2D eigenvalue weighted by Crippen LogP contribution is 2.32. The van der Waals surface area contributed by atoms with Crippen molar-refractivity contribution in [2.45, 2.75) is 58.7 Å². The monoisotopic (exact) mass is 498 g/mol. The number of nitrogens with one attached hydrogen (secondary N) is 1. The predicted octanol–water partition coefficient (Wildman–Crippen LogP) is 5.53. The van der Waals surface area contributed by atoms with E-state index in [1.165, 1.54) is 24.2 Å². The minimum atomic E-state index is -0.777. The number of anilines is 1. The number of carbonyl (C=O) groups is 3. The molecule has 3 aromatic rings. The van der Waals surface area contributed by atoms with Gasteiger partial charge < -0.3 is 13.9 Å². The van der Waals surface area contributed by atoms with Crippen LogP contribution in [-0.2, 0) is 14.3 Å². The molecule has 8 nitrogen and oxygen atoms in total. The fourth-order valence-corrected chi connectivity index (χ4v) is 4.72. The van der Waals surface area contributed by atoms with Gasteiger partial charge in [-0.3, -0.25) is 10.1 Å². The van der Waals surface area contributed by atoms with Crippen molar-refractivity contribution < 1.29 is 28.3 Å². The van der Waals surface area contributed by atoms with Crippen LogP contribution < -0.4 is 5.32 Å². The van der Waals surface area contributed by atoms with Crippen LogP contribution >= 0.6 is 11.8 Å². The number of benzene rings is 1. The number of esters is 2. The molecule has 0 spiro atoms. The molecule has 0 saturated carbocycles. The van der Waals surface area contributed by atoms with Crippen molar-refractivity contribution in [3.63, 3.8) is 0 Å². The summed E-state index contributed by atoms with van der Waals surface area (Å²) in [5.41, 5.74) is 4.00. The summed E-state index contributed by atoms with van der Waals surface area (Å²) in [6.45, 7) is 12.9. The van der Waals surface area contributed by atoms with Gasteiger partial charge in [-0.05, 0) is 71.7 Å². The Bertz CT molecular complexity index is 1300. The van der Waals surface area contributed by atoms with E-state index >= 15 is 0 Å². The number of hydrogen-bond acceptors (Lipinski definition) is 8. The zero-order valence-electron chi connectivity index (χ0n) is 21.0. The summed E-state index contributed by atoms with van der Waals surface area (Å²) in [4.78, 5) is 42.9. The molecule has 1 amide bonds. The molecule has 9 heteroatoms. The molecule has 1 unspecified atom stereocenters. The second kappa shape index (κ2) is 10.9. The number of pyridine rings is 1. The van der Waals surface area contributed by atoms with Crippen molar-refractivity contribution in [2.24, 2.45) is 0 Å². The third-order valence-corrected chi connectivity index (χ3v) is 6.40. The number of amides is 1. The van der Waals surface area contributed by atoms with Gasteiger partial charge in [-0.1, -0.05) is 23.4 Å². The molecule has 3 rings (SSSR count). The lowest BCUT2D eigenvalue weighted by Crippen LogP contribution is -2.24. The average molecular weight is 499 g/mol. The molecular weight excluding hydrogens is 468 g/mol. The summed E-state index contributed by atoms with van der Waals surface area (Å²) in [5.74, 6) is -1.90. The van der Waals surface area contributed by atoms with E-state index in [0.29, 0.717) is 5.03 Å². The molecule has 0 aliphatic carbocycles. The predicted molar refractivity (Wildman–Crippen MR) is 135 cm³/mol. The molecule has 0 radical (unpaired) electrons. The van der Waals surface area contributed by atoms with Gasteiger partial charge in [-0.2, -0.15) is 0 Å². The summed E-state index contributed by atoms with van der Waals surface area (Å²) >= 11 is 1.29. The largest absolute Gasteiger partial charge is 0.462 e. The molecule has 35 heavy (non-hydrogen) atoms. The molecule has 186 valence electrons. The Morgan fingerprint density at radius 2 is 1.60 bits per heavy atom. The molecular formula is C26H30N2O6S. The van der Waals surface area contributed by atoms with Gasteiger partial charge in [0.05, 0.1) is 29.0 Å². The first kappa shape index (κ1) is 26.3. The van der Waals surface area contributed by atoms with Crippen LogP contribution in [0.2, 0.25) is 0 Å². The van der Waals surface area contributed by atoms with E-state index in [1.807, 2.05) is 19.9 Å². The lowest BCUT2D eigenvalue weighted by molar-refractivity contribution is -0.115. The van der Waals surface area contributed by atoms with Crippen LogP contribution in [0.25, 0.3) is 10.9 Å². The number of furan rings is 1. The third-order valence-electron chi connectivity index (χ3n) is 5.38. The van der Waals surface area contributed by atoms with E-state index in [1.54, 1.807) is 20.8 Å². The molecule has 0 fully saturated rings. The molecule has 2 aromatic heterocycles. The fourth-order valence-electron chi connectivity index (χ4n) is 3.80. The first-order valence-electron chi connectivity index (χ1n) is 11.4. The highest BCUT2D eigenvalue weighted by atomic mass is 32.2. The maximum absolute atomic E-state index is 13.0. The number of nitrogens with zero attached hydrogens (tertiary/aromatic N) is 1. The smallest absolute Gasteiger partial charge is 0.344 e. The highest BCUT2D eigenvalue weighted by molar-refractivity contribution is 8.00. The number of carbonyl (C=O) groups excluding carboxylic acids is 3. The molecule has 0 aliphatic heterocycles. The van der Waals surface area contributed by atoms with Crippen molar-refractivity contribution in [3.8, 4) is 0 Å². The van der Waals surface area contributed by atoms with Gasteiger partial charge in [-0.15, -0.1) is 0 Å². The summed E-state index contributed by atoms with van der Waals surface area (Å²) in [5, 5.41) is 3.85. The van der Waals surface area contributed by atoms with Gasteiger partial charge in [0.15, 0.2) is 0 Å². The van der Waals surface area contributed by atoms with Gasteiger partial charge in [0.1, 0.15) is 16.9 Å². The van der Waals surface area contributed by atoms with Crippen LogP contribution in [0, 0.1) is 27.7 Å². The second-order valence-electron chi connectivity index (χ2n) is 8.18. The van der Waals surface area contributed by atoms with E-state index in [9.17, 15) is 14.4 Å². The second-order valence-corrected chi connectivity index (χ2v) is 9.54. The minimum Gasteiger partial charge on any atom is -0.462 e. The summed E-state index contributed by atoms with van der Waals surface area (Å²) in [7, 11) is 0. The van der Waals surface area contributed by atoms with Crippen molar-refractivity contribution >= 4 is 46.4 Å². The molecule has 1 aromatic carbocycles. The number of fused-ring (bicyclic) bond motifs is 1. The number of aryl methyl sites for hydroxylation is 4. The van der Waals surface area contributed by atoms with Crippen LogP contribution in [0.4, 0.5) is 5.88 Å². The van der Waals surface area contributed by atoms with Gasteiger partial charge in [0, 0.05) is 5.39 Å². The van der Waals surface area contributed by atoms with Crippen LogP contribution in [0.15, 0.2) is 27.6 Å². The first-order chi connectivity index (χ1) is 16.6. The van der Waals surface area contributed by atoms with Crippen molar-refractivity contribution in [1.82, 2.24) is 4.98 Å². The quantitative estimate of drug-likeness (QED) is 0.319. The van der Waals surface area contributed by atoms with Crippen LogP contribution in [0.5, 0.6) is 0 Å². The van der Waals surface area contributed by atoms with Gasteiger partial charge in [0.25, 0.3) is 0 Å². The highest BCUT2D eigenvalue weighted by Gasteiger charge is 2.32. The van der Waals surface area contributed by atoms with E-state index in [4.69, 9.17) is 18.9 Å². The Hall–Kier alpha value is -3.33. The lowest BCUT2D eigenvalue weighted by Gasteiger charge is -2.13. The molecule has 1 atom stereocenters. The van der Waals surface area contributed by atoms with Crippen molar-refractivity contribution in [3.05, 3.63) is 51.8 Å². The molecule has 2 heterocycles. The van der Waals surface area contributed by atoms with Gasteiger partial charge in [0.2, 0.25) is 11.8 Å². The maximum Gasteiger partial charge on any atom is 0.344 e. The fraction of sp³-hybridized carbons (Fsp3) is 0.385. The molecule has 0 aliphatic rings. The summed E-state index contributed by atoms with van der Waals surface area (Å²) in [6, 6.07) is 6.14. The Kier molecular flexibility index (Phi) is 8.22. The van der Waals surface area contributed by atoms with E-state index < -0.39 is 23.1 Å². The molecule has 1 N–H and O–H groups in total. The van der Waals surface area contributed by atoms with Crippen LogP contribution in [0.1, 0.15) is 63.9 Å². The Morgan fingerprint density at radius 1 is 0.971 bits per heavy atom. The zero-order valence-corrected chi connectivity index (χ0v) is 21.8. The normalized spacial score (nSPS) is 11.9. The maximum atomic E-state index is 13.0. The SMILES string of the molecule is CCOC(=O)c1c(C)oc(NC(=O)C(C)Sc2cc(C)c3cc(C)cc(C)c3n2)c1C(=O)OCC. The van der Waals surface area contributed by atoms with Crippen LogP contribution in [0.3, 0.4) is 0 Å². The number of hydrogen-bond donors (Lipinski definition) is 1. The molecule has 0 bridgehead atoms. The topological polar surface area (TPSA) is 108 Å². The third kappa shape index (κ3) is 5.67. The summed E-state index contributed by atoms with van der Waals surface area (Å²) in [6.07, 6.45) is 0. The van der Waals surface area contributed by atoms with Crippen LogP contribution in [-0.4, -0.2) is 41.3 Å². The number of aromatic nitrogens is 1. The van der Waals surface area contributed by atoms with Gasteiger partial charge in [-0.25, -0.2) is 14.6 Å².